The Morgan fingerprint density at radius 2 is 1.85 bits per heavy atom. The quantitative estimate of drug-likeness (QED) is 0.305. The molecule has 0 aliphatic heterocycles. The molecule has 1 aliphatic carbocycles. The predicted molar refractivity (Wildman–Crippen MR) is 131 cm³/mol. The maximum absolute atomic E-state index is 13.2. The Morgan fingerprint density at radius 1 is 1.06 bits per heavy atom. The summed E-state index contributed by atoms with van der Waals surface area (Å²) in [6.45, 7) is 1.20. The molecular weight excluding hydrogens is 448 g/mol. The van der Waals surface area contributed by atoms with Gasteiger partial charge in [0.2, 0.25) is 11.7 Å². The molecule has 2 aromatic heterocycles. The van der Waals surface area contributed by atoms with Crippen LogP contribution in [0.15, 0.2) is 82.6 Å². The van der Waals surface area contributed by atoms with E-state index in [0.717, 1.165) is 29.7 Å². The normalized spacial score (nSPS) is 13.1. The van der Waals surface area contributed by atoms with Gasteiger partial charge in [-0.15, -0.1) is 10.2 Å². The van der Waals surface area contributed by atoms with Crippen LogP contribution in [-0.2, 0) is 17.9 Å². The molecule has 5 rings (SSSR count). The van der Waals surface area contributed by atoms with Crippen molar-refractivity contribution in [3.63, 3.8) is 0 Å². The molecule has 0 radical (unpaired) electrons. The zero-order valence-electron chi connectivity index (χ0n) is 19.0. The lowest BCUT2D eigenvalue weighted by Gasteiger charge is -2.22. The van der Waals surface area contributed by atoms with Crippen LogP contribution in [0.2, 0.25) is 0 Å². The number of hydrogen-bond acceptors (Lipinski definition) is 6. The van der Waals surface area contributed by atoms with Crippen LogP contribution in [0.25, 0.3) is 11.6 Å². The number of amides is 1. The van der Waals surface area contributed by atoms with E-state index in [-0.39, 0.29) is 5.91 Å². The average Bonchev–Trinajstić information content (AvgIpc) is 3.41. The second kappa shape index (κ2) is 10.2. The lowest BCUT2D eigenvalue weighted by Crippen LogP contribution is -2.34. The van der Waals surface area contributed by atoms with Gasteiger partial charge in [-0.3, -0.25) is 9.36 Å². The standard InChI is InChI=1S/C26H26N4O3S/c1-32-22-13-9-20(10-14-22)16-29(21-11-12-21)24(31)18-34-26-28-27-25(23-8-5-15-33-23)30(26)17-19-6-3-2-4-7-19/h2-10,13-15,21H,11-12,16-18H2,1H3. The molecular formula is C26H26N4O3S. The highest BCUT2D eigenvalue weighted by Crippen LogP contribution is 2.31. The van der Waals surface area contributed by atoms with Crippen molar-refractivity contribution in [2.45, 2.75) is 37.1 Å². The van der Waals surface area contributed by atoms with Crippen molar-refractivity contribution in [3.8, 4) is 17.3 Å². The molecule has 1 aliphatic rings. The maximum atomic E-state index is 13.2. The van der Waals surface area contributed by atoms with Crippen LogP contribution in [0.5, 0.6) is 5.75 Å². The molecule has 174 valence electrons. The van der Waals surface area contributed by atoms with Gasteiger partial charge in [0.25, 0.3) is 0 Å². The third-order valence-electron chi connectivity index (χ3n) is 5.79. The van der Waals surface area contributed by atoms with Crippen LogP contribution >= 0.6 is 11.8 Å². The lowest BCUT2D eigenvalue weighted by atomic mass is 10.2. The summed E-state index contributed by atoms with van der Waals surface area (Å²) in [6, 6.07) is 22.1. The first-order valence-corrected chi connectivity index (χ1v) is 12.3. The second-order valence-corrected chi connectivity index (χ2v) is 9.19. The van der Waals surface area contributed by atoms with Gasteiger partial charge in [0.15, 0.2) is 10.9 Å². The molecule has 2 aromatic carbocycles. The molecule has 0 atom stereocenters. The van der Waals surface area contributed by atoms with Crippen molar-refractivity contribution in [3.05, 3.63) is 84.1 Å². The summed E-state index contributed by atoms with van der Waals surface area (Å²) in [5.41, 5.74) is 2.22. The molecule has 0 spiro atoms. The number of ether oxygens (including phenoxy) is 1. The SMILES string of the molecule is COc1ccc(CN(C(=O)CSc2nnc(-c3ccco3)n2Cc2ccccc2)C2CC2)cc1. The van der Waals surface area contributed by atoms with Gasteiger partial charge >= 0.3 is 0 Å². The number of hydrogen-bond donors (Lipinski definition) is 0. The molecule has 1 saturated carbocycles. The summed E-state index contributed by atoms with van der Waals surface area (Å²) in [5.74, 6) is 2.53. The van der Waals surface area contributed by atoms with E-state index in [4.69, 9.17) is 9.15 Å². The zero-order valence-corrected chi connectivity index (χ0v) is 19.8. The van der Waals surface area contributed by atoms with E-state index in [0.29, 0.717) is 41.6 Å². The van der Waals surface area contributed by atoms with E-state index in [1.165, 1.54) is 11.8 Å². The average molecular weight is 475 g/mol. The van der Waals surface area contributed by atoms with Crippen LogP contribution in [0.4, 0.5) is 0 Å². The Hall–Kier alpha value is -3.52. The first-order chi connectivity index (χ1) is 16.7. The number of benzene rings is 2. The first-order valence-electron chi connectivity index (χ1n) is 11.3. The summed E-state index contributed by atoms with van der Waals surface area (Å²) >= 11 is 1.42. The van der Waals surface area contributed by atoms with Crippen LogP contribution in [0.1, 0.15) is 24.0 Å². The van der Waals surface area contributed by atoms with Crippen molar-refractivity contribution in [1.82, 2.24) is 19.7 Å². The monoisotopic (exact) mass is 474 g/mol. The summed E-state index contributed by atoms with van der Waals surface area (Å²) in [5, 5.41) is 9.46. The molecule has 0 bridgehead atoms. The number of rotatable bonds is 10. The molecule has 34 heavy (non-hydrogen) atoms. The number of carbonyl (C=O) groups is 1. The summed E-state index contributed by atoms with van der Waals surface area (Å²) in [4.78, 5) is 15.2. The van der Waals surface area contributed by atoms with E-state index in [9.17, 15) is 4.79 Å². The van der Waals surface area contributed by atoms with Crippen LogP contribution < -0.4 is 4.74 Å². The molecule has 0 saturated heterocycles. The molecule has 1 amide bonds. The maximum Gasteiger partial charge on any atom is 0.233 e. The van der Waals surface area contributed by atoms with Gasteiger partial charge in [-0.25, -0.2) is 0 Å². The lowest BCUT2D eigenvalue weighted by molar-refractivity contribution is -0.129. The van der Waals surface area contributed by atoms with Gasteiger partial charge in [0, 0.05) is 12.6 Å². The molecule has 7 nitrogen and oxygen atoms in total. The second-order valence-electron chi connectivity index (χ2n) is 8.24. The Kier molecular flexibility index (Phi) is 6.67. The van der Waals surface area contributed by atoms with Gasteiger partial charge in [-0.2, -0.15) is 0 Å². The molecule has 1 fully saturated rings. The highest BCUT2D eigenvalue weighted by Gasteiger charge is 2.32. The minimum atomic E-state index is 0.108. The Balaban J connectivity index is 1.31. The van der Waals surface area contributed by atoms with Gasteiger partial charge in [0.05, 0.1) is 25.7 Å². The number of methoxy groups -OCH3 is 1. The predicted octanol–water partition coefficient (Wildman–Crippen LogP) is 4.88. The van der Waals surface area contributed by atoms with Crippen LogP contribution in [0, 0.1) is 0 Å². The highest BCUT2D eigenvalue weighted by molar-refractivity contribution is 7.99. The summed E-state index contributed by atoms with van der Waals surface area (Å²) in [6.07, 6.45) is 3.73. The van der Waals surface area contributed by atoms with Crippen molar-refractivity contribution in [2.75, 3.05) is 12.9 Å². The van der Waals surface area contributed by atoms with Gasteiger partial charge < -0.3 is 14.1 Å². The molecule has 0 unspecified atom stereocenters. The summed E-state index contributed by atoms with van der Waals surface area (Å²) in [7, 11) is 1.65. The summed E-state index contributed by atoms with van der Waals surface area (Å²) < 4.78 is 12.8. The smallest absolute Gasteiger partial charge is 0.233 e. The first kappa shape index (κ1) is 22.3. The zero-order chi connectivity index (χ0) is 23.3. The number of thioether (sulfide) groups is 1. The van der Waals surface area contributed by atoms with Crippen molar-refractivity contribution in [1.29, 1.82) is 0 Å². The fourth-order valence-corrected chi connectivity index (χ4v) is 4.66. The number of furan rings is 1. The Bertz CT molecular complexity index is 1220. The third kappa shape index (κ3) is 5.17. The Labute approximate surface area is 202 Å². The highest BCUT2D eigenvalue weighted by atomic mass is 32.2. The van der Waals surface area contributed by atoms with Crippen LogP contribution in [-0.4, -0.2) is 44.5 Å². The number of nitrogens with zero attached hydrogens (tertiary/aromatic N) is 4. The van der Waals surface area contributed by atoms with Gasteiger partial charge in [0.1, 0.15) is 5.75 Å². The molecule has 0 N–H and O–H groups in total. The van der Waals surface area contributed by atoms with E-state index >= 15 is 0 Å². The van der Waals surface area contributed by atoms with Crippen LogP contribution in [0.3, 0.4) is 0 Å². The van der Waals surface area contributed by atoms with E-state index in [1.54, 1.807) is 13.4 Å². The van der Waals surface area contributed by atoms with Crippen molar-refractivity contribution in [2.24, 2.45) is 0 Å². The minimum Gasteiger partial charge on any atom is -0.497 e. The van der Waals surface area contributed by atoms with E-state index in [1.807, 2.05) is 64.1 Å². The minimum absolute atomic E-state index is 0.108. The number of carbonyl (C=O) groups excluding carboxylic acids is 1. The van der Waals surface area contributed by atoms with Crippen molar-refractivity contribution >= 4 is 17.7 Å². The fraction of sp³-hybridized carbons (Fsp3) is 0.269. The molecule has 2 heterocycles. The van der Waals surface area contributed by atoms with E-state index in [2.05, 4.69) is 22.3 Å². The Morgan fingerprint density at radius 3 is 2.53 bits per heavy atom. The largest absolute Gasteiger partial charge is 0.497 e. The molecule has 4 aromatic rings. The molecule has 8 heteroatoms. The van der Waals surface area contributed by atoms with E-state index < -0.39 is 0 Å². The van der Waals surface area contributed by atoms with Gasteiger partial charge in [-0.1, -0.05) is 54.2 Å². The number of aromatic nitrogens is 3. The van der Waals surface area contributed by atoms with Gasteiger partial charge in [-0.05, 0) is 48.2 Å². The third-order valence-corrected chi connectivity index (χ3v) is 6.74. The fourth-order valence-electron chi connectivity index (χ4n) is 3.84. The van der Waals surface area contributed by atoms with Crippen molar-refractivity contribution < 1.29 is 13.9 Å². The topological polar surface area (TPSA) is 73.4 Å².